The average Bonchev–Trinajstić information content (AvgIpc) is 3.70. The van der Waals surface area contributed by atoms with Gasteiger partial charge in [-0.3, -0.25) is 14.8 Å². The van der Waals surface area contributed by atoms with Crippen molar-refractivity contribution in [2.24, 2.45) is 16.8 Å². The van der Waals surface area contributed by atoms with Gasteiger partial charge in [0.15, 0.2) is 0 Å². The number of hydrogen-bond donors (Lipinski definition) is 0. The molecule has 36 heavy (non-hydrogen) atoms. The Morgan fingerprint density at radius 3 is 1.89 bits per heavy atom. The van der Waals surface area contributed by atoms with Gasteiger partial charge < -0.3 is 9.80 Å². The summed E-state index contributed by atoms with van der Waals surface area (Å²) in [6.45, 7) is 11.2. The Balaban J connectivity index is 1.17. The third-order valence-corrected chi connectivity index (χ3v) is 7.68. The largest absolute Gasteiger partial charge is 0.342 e. The fourth-order valence-corrected chi connectivity index (χ4v) is 5.19. The topological polar surface area (TPSA) is 48.8 Å². The normalized spacial score (nSPS) is 19.3. The van der Waals surface area contributed by atoms with E-state index in [1.54, 1.807) is 0 Å². The van der Waals surface area contributed by atoms with Crippen molar-refractivity contribution in [1.82, 2.24) is 14.8 Å². The molecule has 1 saturated heterocycles. The summed E-state index contributed by atoms with van der Waals surface area (Å²) in [6, 6.07) is 21.4. The first-order chi connectivity index (χ1) is 17.4. The van der Waals surface area contributed by atoms with Crippen molar-refractivity contribution < 1.29 is 4.79 Å². The quantitative estimate of drug-likeness (QED) is 0.463. The number of likely N-dealkylation sites (tertiary alicyclic amines) is 1. The van der Waals surface area contributed by atoms with Crippen molar-refractivity contribution in [2.75, 3.05) is 19.6 Å². The Morgan fingerprint density at radius 2 is 1.36 bits per heavy atom. The molecule has 1 aliphatic carbocycles. The van der Waals surface area contributed by atoms with Crippen LogP contribution in [0, 0.1) is 11.8 Å². The number of aromatic nitrogens is 1. The van der Waals surface area contributed by atoms with Gasteiger partial charge in [0.25, 0.3) is 0 Å². The molecule has 2 aliphatic heterocycles. The zero-order chi connectivity index (χ0) is 24.9. The molecule has 3 aliphatic rings. The molecular weight excluding hydrogens is 444 g/mol. The van der Waals surface area contributed by atoms with Gasteiger partial charge in [-0.2, -0.15) is 0 Å². The molecule has 2 aromatic carbocycles. The van der Waals surface area contributed by atoms with E-state index in [2.05, 4.69) is 78.8 Å². The van der Waals surface area contributed by atoms with Crippen LogP contribution in [0.2, 0.25) is 0 Å². The molecular formula is C31H32N4O. The Bertz CT molecular complexity index is 1320. The van der Waals surface area contributed by atoms with Crippen LogP contribution in [0.25, 0.3) is 22.3 Å². The van der Waals surface area contributed by atoms with E-state index < -0.39 is 0 Å². The highest BCUT2D eigenvalue weighted by Gasteiger charge is 2.42. The summed E-state index contributed by atoms with van der Waals surface area (Å²) >= 11 is 0. The Kier molecular flexibility index (Phi) is 5.51. The van der Waals surface area contributed by atoms with Crippen LogP contribution in [0.1, 0.15) is 32.3 Å². The van der Waals surface area contributed by atoms with Crippen molar-refractivity contribution in [3.05, 3.63) is 90.9 Å². The number of rotatable bonds is 6. The molecule has 1 amide bonds. The van der Waals surface area contributed by atoms with E-state index >= 15 is 0 Å². The van der Waals surface area contributed by atoms with Crippen LogP contribution in [-0.2, 0) is 4.79 Å². The van der Waals surface area contributed by atoms with Crippen LogP contribution in [0.4, 0.5) is 0 Å². The second-order valence-electron chi connectivity index (χ2n) is 10.8. The highest BCUT2D eigenvalue weighted by Crippen LogP contribution is 2.37. The van der Waals surface area contributed by atoms with E-state index in [1.165, 1.54) is 22.3 Å². The molecule has 5 nitrogen and oxygen atoms in total. The molecule has 0 bridgehead atoms. The van der Waals surface area contributed by atoms with Crippen molar-refractivity contribution >= 4 is 11.7 Å². The van der Waals surface area contributed by atoms with Gasteiger partial charge in [-0.05, 0) is 61.1 Å². The molecule has 0 unspecified atom stereocenters. The third kappa shape index (κ3) is 4.23. The fourth-order valence-electron chi connectivity index (χ4n) is 5.19. The number of carbonyl (C=O) groups is 1. The van der Waals surface area contributed by atoms with E-state index in [4.69, 9.17) is 4.99 Å². The summed E-state index contributed by atoms with van der Waals surface area (Å²) in [6.07, 6.45) is 5.78. The predicted octanol–water partition coefficient (Wildman–Crippen LogP) is 5.64. The van der Waals surface area contributed by atoms with Crippen LogP contribution >= 0.6 is 0 Å². The minimum Gasteiger partial charge on any atom is -0.342 e. The maximum absolute atomic E-state index is 12.3. The zero-order valence-corrected chi connectivity index (χ0v) is 21.0. The number of amides is 1. The molecule has 3 heterocycles. The Hall–Kier alpha value is -3.73. The maximum Gasteiger partial charge on any atom is 0.225 e. The van der Waals surface area contributed by atoms with E-state index in [0.29, 0.717) is 17.7 Å². The number of amidine groups is 1. The molecule has 6 rings (SSSR count). The SMILES string of the molecule is C=C1N(CC2CN(C(=O)C3CC3)C2)C(c2ccc(-c3ccc(-c4ccncc4)cc3)cc2)=NC1(C)C. The highest BCUT2D eigenvalue weighted by atomic mass is 16.2. The number of aliphatic imine (C=N–C) groups is 1. The minimum absolute atomic E-state index is 0.300. The van der Waals surface area contributed by atoms with Gasteiger partial charge >= 0.3 is 0 Å². The van der Waals surface area contributed by atoms with Crippen LogP contribution in [0.15, 0.2) is 90.3 Å². The lowest BCUT2D eigenvalue weighted by atomic mass is 9.96. The first-order valence-corrected chi connectivity index (χ1v) is 12.9. The summed E-state index contributed by atoms with van der Waals surface area (Å²) in [5.74, 6) is 2.09. The molecule has 0 radical (unpaired) electrons. The molecule has 0 spiro atoms. The second-order valence-corrected chi connectivity index (χ2v) is 10.8. The van der Waals surface area contributed by atoms with Crippen LogP contribution in [0.3, 0.4) is 0 Å². The smallest absolute Gasteiger partial charge is 0.225 e. The maximum atomic E-state index is 12.3. The molecule has 2 fully saturated rings. The van der Waals surface area contributed by atoms with Gasteiger partial charge in [-0.25, -0.2) is 0 Å². The number of pyridine rings is 1. The first kappa shape index (κ1) is 22.7. The van der Waals surface area contributed by atoms with E-state index in [0.717, 1.165) is 49.6 Å². The lowest BCUT2D eigenvalue weighted by molar-refractivity contribution is -0.139. The summed E-state index contributed by atoms with van der Waals surface area (Å²) in [7, 11) is 0. The number of benzene rings is 2. The number of nitrogens with zero attached hydrogens (tertiary/aromatic N) is 4. The van der Waals surface area contributed by atoms with Gasteiger partial charge in [0, 0.05) is 55.1 Å². The lowest BCUT2D eigenvalue weighted by Gasteiger charge is -2.42. The van der Waals surface area contributed by atoms with Gasteiger partial charge in [-0.1, -0.05) is 55.1 Å². The van der Waals surface area contributed by atoms with Crippen LogP contribution in [-0.4, -0.2) is 51.7 Å². The summed E-state index contributed by atoms with van der Waals surface area (Å²) in [4.78, 5) is 25.8. The molecule has 0 N–H and O–H groups in total. The zero-order valence-electron chi connectivity index (χ0n) is 21.0. The molecule has 3 aromatic rings. The van der Waals surface area contributed by atoms with Crippen molar-refractivity contribution in [3.63, 3.8) is 0 Å². The summed E-state index contributed by atoms with van der Waals surface area (Å²) < 4.78 is 0. The molecule has 1 saturated carbocycles. The third-order valence-electron chi connectivity index (χ3n) is 7.68. The van der Waals surface area contributed by atoms with Gasteiger partial charge in [0.05, 0.1) is 5.54 Å². The van der Waals surface area contributed by atoms with E-state index in [-0.39, 0.29) is 5.54 Å². The standard InChI is InChI=1S/C31H32N4O/c1-21-31(2,3)33-29(35(21)20-22-18-34(19-22)30(36)28-12-13-28)27-10-8-24(9-11-27)23-4-6-25(7-5-23)26-14-16-32-17-15-26/h4-11,14-17,22,28H,1,12-13,18-20H2,2-3H3. The summed E-state index contributed by atoms with van der Waals surface area (Å²) in [5, 5.41) is 0. The molecule has 0 atom stereocenters. The van der Waals surface area contributed by atoms with Crippen LogP contribution in [0.5, 0.6) is 0 Å². The van der Waals surface area contributed by atoms with Gasteiger partial charge in [0.2, 0.25) is 5.91 Å². The van der Waals surface area contributed by atoms with Crippen molar-refractivity contribution in [2.45, 2.75) is 32.2 Å². The van der Waals surface area contributed by atoms with Gasteiger partial charge in [-0.15, -0.1) is 0 Å². The van der Waals surface area contributed by atoms with Gasteiger partial charge in [0.1, 0.15) is 5.84 Å². The van der Waals surface area contributed by atoms with Crippen molar-refractivity contribution in [1.29, 1.82) is 0 Å². The molecule has 1 aromatic heterocycles. The van der Waals surface area contributed by atoms with E-state index in [9.17, 15) is 4.79 Å². The number of carbonyl (C=O) groups excluding carboxylic acids is 1. The average molecular weight is 477 g/mol. The predicted molar refractivity (Wildman–Crippen MR) is 144 cm³/mol. The fraction of sp³-hybridized carbons (Fsp3) is 0.323. The second kappa shape index (κ2) is 8.74. The van der Waals surface area contributed by atoms with Crippen molar-refractivity contribution in [3.8, 4) is 22.3 Å². The minimum atomic E-state index is -0.329. The lowest BCUT2D eigenvalue weighted by Crippen LogP contribution is -2.54. The Morgan fingerprint density at radius 1 is 0.861 bits per heavy atom. The molecule has 5 heteroatoms. The first-order valence-electron chi connectivity index (χ1n) is 12.9. The Labute approximate surface area is 213 Å². The monoisotopic (exact) mass is 476 g/mol. The van der Waals surface area contributed by atoms with E-state index in [1.807, 2.05) is 29.4 Å². The molecule has 182 valence electrons. The van der Waals surface area contributed by atoms with Crippen LogP contribution < -0.4 is 0 Å². The summed E-state index contributed by atoms with van der Waals surface area (Å²) in [5.41, 5.74) is 6.51. The number of hydrogen-bond acceptors (Lipinski definition) is 4. The highest BCUT2D eigenvalue weighted by molar-refractivity contribution is 6.02.